The van der Waals surface area contributed by atoms with Gasteiger partial charge in [-0.3, -0.25) is 0 Å². The van der Waals surface area contributed by atoms with Crippen LogP contribution in [-0.4, -0.2) is 10.8 Å². The van der Waals surface area contributed by atoms with Crippen molar-refractivity contribution in [3.05, 3.63) is 29.3 Å². The van der Waals surface area contributed by atoms with E-state index in [1.807, 2.05) is 18.2 Å². The molecule has 0 bridgehead atoms. The molecule has 1 aromatic rings. The Morgan fingerprint density at radius 3 is 2.33 bits per heavy atom. The molecule has 0 heterocycles. The van der Waals surface area contributed by atoms with Gasteiger partial charge in [0.05, 0.1) is 5.56 Å². The molecule has 0 aliphatic heterocycles. The van der Waals surface area contributed by atoms with E-state index in [0.717, 1.165) is 10.5 Å². The summed E-state index contributed by atoms with van der Waals surface area (Å²) in [5, 5.41) is 0. The second kappa shape index (κ2) is 4.30. The van der Waals surface area contributed by atoms with Crippen LogP contribution >= 0.6 is 0 Å². The standard InChI is InChI=1S/C13H16OS/c1-6-10-9-11(13(2,3)4)7-8-12(10)15(5)14/h1,7-9H,2-5H3. The molecule has 1 rings (SSSR count). The Hall–Kier alpha value is -0.910. The van der Waals surface area contributed by atoms with Gasteiger partial charge in [0, 0.05) is 0 Å². The van der Waals surface area contributed by atoms with Crippen LogP contribution in [0.4, 0.5) is 0 Å². The predicted octanol–water partition coefficient (Wildman–Crippen LogP) is 2.70. The van der Waals surface area contributed by atoms with Crippen molar-refractivity contribution in [2.75, 3.05) is 6.26 Å². The molecule has 1 unspecified atom stereocenters. The van der Waals surface area contributed by atoms with Crippen LogP contribution in [0.25, 0.3) is 0 Å². The van der Waals surface area contributed by atoms with Crippen LogP contribution in [0.1, 0.15) is 31.9 Å². The zero-order valence-electron chi connectivity index (χ0n) is 9.63. The maximum absolute atomic E-state index is 11.4. The molecule has 2 heteroatoms. The predicted molar refractivity (Wildman–Crippen MR) is 65.4 cm³/mol. The van der Waals surface area contributed by atoms with E-state index < -0.39 is 11.2 Å². The Bertz CT molecular complexity index is 394. The molecule has 0 fully saturated rings. The SMILES string of the molecule is C#Cc1cc(C(C)(C)C)ccc1[S+](C)[O-]. The van der Waals surface area contributed by atoms with Gasteiger partial charge in [0.15, 0.2) is 4.90 Å². The number of hydrogen-bond acceptors (Lipinski definition) is 1. The summed E-state index contributed by atoms with van der Waals surface area (Å²) in [6.07, 6.45) is 7.06. The molecule has 1 nitrogen and oxygen atoms in total. The molecule has 1 aromatic carbocycles. The third-order valence-corrected chi connectivity index (χ3v) is 3.29. The fourth-order valence-corrected chi connectivity index (χ4v) is 2.05. The Morgan fingerprint density at radius 2 is 1.93 bits per heavy atom. The highest BCUT2D eigenvalue weighted by molar-refractivity contribution is 7.90. The van der Waals surface area contributed by atoms with Gasteiger partial charge in [0.1, 0.15) is 6.26 Å². The van der Waals surface area contributed by atoms with E-state index >= 15 is 0 Å². The molecule has 0 spiro atoms. The molecule has 0 radical (unpaired) electrons. The van der Waals surface area contributed by atoms with Crippen LogP contribution in [0.2, 0.25) is 0 Å². The summed E-state index contributed by atoms with van der Waals surface area (Å²) in [5.74, 6) is 2.60. The van der Waals surface area contributed by atoms with Crippen LogP contribution in [0, 0.1) is 12.3 Å². The van der Waals surface area contributed by atoms with E-state index in [1.54, 1.807) is 6.26 Å². The fourth-order valence-electron chi connectivity index (χ4n) is 1.36. The minimum absolute atomic E-state index is 0.0688. The van der Waals surface area contributed by atoms with Gasteiger partial charge in [-0.1, -0.05) is 32.8 Å². The summed E-state index contributed by atoms with van der Waals surface area (Å²) in [6.45, 7) is 6.39. The van der Waals surface area contributed by atoms with Crippen molar-refractivity contribution in [1.29, 1.82) is 0 Å². The van der Waals surface area contributed by atoms with Gasteiger partial charge < -0.3 is 4.55 Å². The summed E-state index contributed by atoms with van der Waals surface area (Å²) in [5.41, 5.74) is 1.98. The van der Waals surface area contributed by atoms with E-state index in [0.29, 0.717) is 0 Å². The minimum atomic E-state index is -1.02. The number of hydrogen-bond donors (Lipinski definition) is 0. The Labute approximate surface area is 95.1 Å². The Kier molecular flexibility index (Phi) is 3.49. The van der Waals surface area contributed by atoms with E-state index in [9.17, 15) is 4.55 Å². The second-order valence-corrected chi connectivity index (χ2v) is 5.91. The molecular weight excluding hydrogens is 204 g/mol. The van der Waals surface area contributed by atoms with Crippen LogP contribution in [0.5, 0.6) is 0 Å². The highest BCUT2D eigenvalue weighted by Crippen LogP contribution is 2.26. The fraction of sp³-hybridized carbons (Fsp3) is 0.385. The van der Waals surface area contributed by atoms with Crippen molar-refractivity contribution in [2.24, 2.45) is 0 Å². The van der Waals surface area contributed by atoms with Gasteiger partial charge >= 0.3 is 0 Å². The average molecular weight is 220 g/mol. The lowest BCUT2D eigenvalue weighted by atomic mass is 9.86. The van der Waals surface area contributed by atoms with Gasteiger partial charge in [-0.15, -0.1) is 6.42 Å². The molecular formula is C13H16OS. The summed E-state index contributed by atoms with van der Waals surface area (Å²) >= 11 is -1.02. The highest BCUT2D eigenvalue weighted by atomic mass is 32.2. The molecule has 0 N–H and O–H groups in total. The quantitative estimate of drug-likeness (QED) is 0.527. The lowest BCUT2D eigenvalue weighted by Gasteiger charge is -2.20. The van der Waals surface area contributed by atoms with Crippen LogP contribution in [0.15, 0.2) is 23.1 Å². The number of terminal acetylenes is 1. The normalized spacial score (nSPS) is 13.3. The summed E-state index contributed by atoms with van der Waals surface area (Å²) < 4.78 is 11.4. The second-order valence-electron chi connectivity index (χ2n) is 4.56. The molecule has 0 aliphatic carbocycles. The van der Waals surface area contributed by atoms with Gasteiger partial charge in [-0.2, -0.15) is 0 Å². The van der Waals surface area contributed by atoms with Crippen LogP contribution in [-0.2, 0) is 16.6 Å². The van der Waals surface area contributed by atoms with Crippen molar-refractivity contribution in [3.63, 3.8) is 0 Å². The van der Waals surface area contributed by atoms with Crippen LogP contribution in [0.3, 0.4) is 0 Å². The lowest BCUT2D eigenvalue weighted by molar-refractivity contribution is 0.587. The van der Waals surface area contributed by atoms with Crippen molar-refractivity contribution >= 4 is 11.2 Å². The smallest absolute Gasteiger partial charge is 0.168 e. The minimum Gasteiger partial charge on any atom is -0.612 e. The molecule has 0 saturated carbocycles. The van der Waals surface area contributed by atoms with Crippen molar-refractivity contribution in [3.8, 4) is 12.3 Å². The number of rotatable bonds is 1. The van der Waals surface area contributed by atoms with Gasteiger partial charge in [0.2, 0.25) is 0 Å². The van der Waals surface area contributed by atoms with Gasteiger partial charge in [-0.05, 0) is 34.3 Å². The lowest BCUT2D eigenvalue weighted by Crippen LogP contribution is -2.12. The summed E-state index contributed by atoms with van der Waals surface area (Å²) in [6, 6.07) is 5.82. The Morgan fingerprint density at radius 1 is 1.33 bits per heavy atom. The van der Waals surface area contributed by atoms with Gasteiger partial charge in [-0.25, -0.2) is 0 Å². The average Bonchev–Trinajstić information content (AvgIpc) is 2.15. The molecule has 15 heavy (non-hydrogen) atoms. The van der Waals surface area contributed by atoms with E-state index in [2.05, 4.69) is 26.7 Å². The first-order valence-corrected chi connectivity index (χ1v) is 6.36. The first-order chi connectivity index (χ1) is 6.86. The van der Waals surface area contributed by atoms with Crippen molar-refractivity contribution in [1.82, 2.24) is 0 Å². The molecule has 0 saturated heterocycles. The van der Waals surface area contributed by atoms with Crippen LogP contribution < -0.4 is 0 Å². The molecule has 1 atom stereocenters. The third kappa shape index (κ3) is 2.77. The zero-order chi connectivity index (χ0) is 11.6. The van der Waals surface area contributed by atoms with Crippen molar-refractivity contribution in [2.45, 2.75) is 31.1 Å². The monoisotopic (exact) mass is 220 g/mol. The maximum Gasteiger partial charge on any atom is 0.168 e. The topological polar surface area (TPSA) is 23.1 Å². The molecule has 0 aromatic heterocycles. The Balaban J connectivity index is 3.27. The van der Waals surface area contributed by atoms with E-state index in [-0.39, 0.29) is 5.41 Å². The van der Waals surface area contributed by atoms with E-state index in [4.69, 9.17) is 6.42 Å². The third-order valence-electron chi connectivity index (χ3n) is 2.31. The zero-order valence-corrected chi connectivity index (χ0v) is 10.4. The number of benzene rings is 1. The first-order valence-electron chi connectivity index (χ1n) is 4.81. The summed E-state index contributed by atoms with van der Waals surface area (Å²) in [7, 11) is 0. The molecule has 0 amide bonds. The highest BCUT2D eigenvalue weighted by Gasteiger charge is 2.17. The first kappa shape index (κ1) is 12.2. The maximum atomic E-state index is 11.4. The van der Waals surface area contributed by atoms with Crippen molar-refractivity contribution < 1.29 is 4.55 Å². The molecule has 0 aliphatic rings. The van der Waals surface area contributed by atoms with E-state index in [1.165, 1.54) is 5.56 Å². The van der Waals surface area contributed by atoms with Gasteiger partial charge in [0.25, 0.3) is 0 Å². The molecule has 80 valence electrons. The largest absolute Gasteiger partial charge is 0.612 e. The summed E-state index contributed by atoms with van der Waals surface area (Å²) in [4.78, 5) is 0.741.